The van der Waals surface area contributed by atoms with Crippen LogP contribution in [0, 0.1) is 0 Å². The van der Waals surface area contributed by atoms with E-state index < -0.39 is 17.9 Å². The van der Waals surface area contributed by atoms with Crippen molar-refractivity contribution in [1.82, 2.24) is 5.32 Å². The highest BCUT2D eigenvalue weighted by atomic mass is 35.5. The number of hydrogen-bond donors (Lipinski definition) is 2. The zero-order valence-corrected chi connectivity index (χ0v) is 17.7. The predicted octanol–water partition coefficient (Wildman–Crippen LogP) is 2.66. The molecule has 2 rings (SSSR count). The van der Waals surface area contributed by atoms with Crippen LogP contribution in [0.4, 0.5) is 0 Å². The van der Waals surface area contributed by atoms with Crippen molar-refractivity contribution in [2.45, 2.75) is 26.7 Å². The smallest absolute Gasteiger partial charge is 0.336 e. The maximum absolute atomic E-state index is 13.0. The standard InChI is InChI=1S/C21H27ClN2O5/c1-4-28-20(25)17-13(3)24-16(12-27-11-10-23)19(21(26)29-5-2)18(17)14-8-6-7-9-15(14)22/h6-9,18,24H,4-5,10-12,23H2,1-3H3/t18-/m1/s1. The molecule has 0 unspecified atom stereocenters. The summed E-state index contributed by atoms with van der Waals surface area (Å²) in [5, 5.41) is 3.55. The first-order chi connectivity index (χ1) is 14.0. The zero-order chi connectivity index (χ0) is 21.4. The van der Waals surface area contributed by atoms with Gasteiger partial charge in [-0.1, -0.05) is 29.8 Å². The van der Waals surface area contributed by atoms with Gasteiger partial charge in [0, 0.05) is 17.3 Å². The lowest BCUT2D eigenvalue weighted by atomic mass is 9.80. The minimum atomic E-state index is -0.750. The molecular formula is C21H27ClN2O5. The van der Waals surface area contributed by atoms with Gasteiger partial charge in [0.05, 0.1) is 49.2 Å². The lowest BCUT2D eigenvalue weighted by Gasteiger charge is -2.31. The Kier molecular flexibility index (Phi) is 8.70. The molecule has 0 aliphatic carbocycles. The summed E-state index contributed by atoms with van der Waals surface area (Å²) in [5.41, 5.74) is 7.76. The molecule has 0 saturated heterocycles. The maximum Gasteiger partial charge on any atom is 0.336 e. The van der Waals surface area contributed by atoms with E-state index in [-0.39, 0.29) is 25.4 Å². The number of nitrogens with two attached hydrogens (primary N) is 1. The molecule has 0 bridgehead atoms. The number of halogens is 1. The summed E-state index contributed by atoms with van der Waals surface area (Å²) in [6, 6.07) is 7.08. The van der Waals surface area contributed by atoms with Gasteiger partial charge in [0.25, 0.3) is 0 Å². The Bertz CT molecular complexity index is 819. The first-order valence-electron chi connectivity index (χ1n) is 9.53. The second-order valence-electron chi connectivity index (χ2n) is 6.29. The number of esters is 2. The van der Waals surface area contributed by atoms with Crippen molar-refractivity contribution in [2.24, 2.45) is 5.73 Å². The average molecular weight is 423 g/mol. The van der Waals surface area contributed by atoms with Crippen molar-refractivity contribution in [2.75, 3.05) is 33.0 Å². The number of dihydropyridines is 1. The van der Waals surface area contributed by atoms with Gasteiger partial charge in [0.15, 0.2) is 0 Å². The van der Waals surface area contributed by atoms with Gasteiger partial charge >= 0.3 is 11.9 Å². The van der Waals surface area contributed by atoms with Gasteiger partial charge in [-0.05, 0) is 32.4 Å². The highest BCUT2D eigenvalue weighted by Crippen LogP contribution is 2.41. The summed E-state index contributed by atoms with van der Waals surface area (Å²) in [7, 11) is 0. The van der Waals surface area contributed by atoms with Crippen LogP contribution in [0.1, 0.15) is 32.3 Å². The minimum absolute atomic E-state index is 0.111. The summed E-state index contributed by atoms with van der Waals surface area (Å²) >= 11 is 6.46. The number of nitrogens with one attached hydrogen (secondary N) is 1. The van der Waals surface area contributed by atoms with Gasteiger partial charge in [0.1, 0.15) is 0 Å². The lowest BCUT2D eigenvalue weighted by Crippen LogP contribution is -2.35. The quantitative estimate of drug-likeness (QED) is 0.466. The number of rotatable bonds is 9. The topological polar surface area (TPSA) is 99.9 Å². The van der Waals surface area contributed by atoms with E-state index in [1.165, 1.54) is 0 Å². The summed E-state index contributed by atoms with van der Waals surface area (Å²) in [6.45, 7) is 6.37. The Morgan fingerprint density at radius 3 is 2.31 bits per heavy atom. The van der Waals surface area contributed by atoms with Gasteiger partial charge in [0.2, 0.25) is 0 Å². The second kappa shape index (κ2) is 11.0. The number of allylic oxidation sites excluding steroid dienone is 1. The van der Waals surface area contributed by atoms with Crippen molar-refractivity contribution < 1.29 is 23.8 Å². The first kappa shape index (κ1) is 22.9. The molecule has 0 amide bonds. The normalized spacial score (nSPS) is 16.5. The third-order valence-corrected chi connectivity index (χ3v) is 4.70. The molecule has 158 valence electrons. The first-order valence-corrected chi connectivity index (χ1v) is 9.91. The zero-order valence-electron chi connectivity index (χ0n) is 16.9. The molecule has 3 N–H and O–H groups in total. The summed E-state index contributed by atoms with van der Waals surface area (Å²) in [6.07, 6.45) is 0. The van der Waals surface area contributed by atoms with E-state index >= 15 is 0 Å². The van der Waals surface area contributed by atoms with Crippen molar-refractivity contribution >= 4 is 23.5 Å². The van der Waals surface area contributed by atoms with Crippen molar-refractivity contribution in [3.8, 4) is 0 Å². The van der Waals surface area contributed by atoms with Crippen LogP contribution < -0.4 is 11.1 Å². The van der Waals surface area contributed by atoms with Crippen molar-refractivity contribution in [3.05, 3.63) is 57.4 Å². The molecule has 1 aliphatic rings. The van der Waals surface area contributed by atoms with Crippen molar-refractivity contribution in [1.29, 1.82) is 0 Å². The molecule has 0 radical (unpaired) electrons. The Morgan fingerprint density at radius 2 is 1.72 bits per heavy atom. The van der Waals surface area contributed by atoms with Crippen LogP contribution in [0.3, 0.4) is 0 Å². The highest BCUT2D eigenvalue weighted by molar-refractivity contribution is 6.31. The molecule has 7 nitrogen and oxygen atoms in total. The van der Waals surface area contributed by atoms with E-state index in [2.05, 4.69) is 5.32 Å². The SMILES string of the molecule is CCOC(=O)C1=C(C)NC(COCCN)=C(C(=O)OCC)[C@@H]1c1ccccc1Cl. The van der Waals surface area contributed by atoms with Crippen LogP contribution in [0.2, 0.25) is 5.02 Å². The Balaban J connectivity index is 2.67. The fraction of sp³-hybridized carbons (Fsp3) is 0.429. The van der Waals surface area contributed by atoms with Crippen molar-refractivity contribution in [3.63, 3.8) is 0 Å². The summed E-state index contributed by atoms with van der Waals surface area (Å²) in [5.74, 6) is -1.82. The summed E-state index contributed by atoms with van der Waals surface area (Å²) < 4.78 is 16.1. The largest absolute Gasteiger partial charge is 0.463 e. The lowest BCUT2D eigenvalue weighted by molar-refractivity contribution is -0.139. The van der Waals surface area contributed by atoms with Crippen LogP contribution in [-0.4, -0.2) is 44.9 Å². The van der Waals surface area contributed by atoms with E-state index in [1.54, 1.807) is 45.0 Å². The maximum atomic E-state index is 13.0. The van der Waals surface area contributed by atoms with E-state index in [4.69, 9.17) is 31.5 Å². The molecule has 1 aromatic rings. The number of ether oxygens (including phenoxy) is 3. The Hall–Kier alpha value is -2.35. The number of carbonyl (C=O) groups excluding carboxylic acids is 2. The molecule has 1 aliphatic heterocycles. The third-order valence-electron chi connectivity index (χ3n) is 4.36. The number of hydrogen-bond acceptors (Lipinski definition) is 7. The van der Waals surface area contributed by atoms with Gasteiger partial charge < -0.3 is 25.3 Å². The van der Waals surface area contributed by atoms with Crippen LogP contribution >= 0.6 is 11.6 Å². The average Bonchev–Trinajstić information content (AvgIpc) is 2.68. The van der Waals surface area contributed by atoms with E-state index in [0.29, 0.717) is 40.7 Å². The molecule has 0 spiro atoms. The van der Waals surface area contributed by atoms with E-state index in [9.17, 15) is 9.59 Å². The fourth-order valence-electron chi connectivity index (χ4n) is 3.22. The van der Waals surface area contributed by atoms with Gasteiger partial charge in [-0.15, -0.1) is 0 Å². The highest BCUT2D eigenvalue weighted by Gasteiger charge is 2.39. The third kappa shape index (κ3) is 5.38. The number of carbonyl (C=O) groups is 2. The molecule has 8 heteroatoms. The van der Waals surface area contributed by atoms with Crippen LogP contribution in [0.15, 0.2) is 46.8 Å². The molecule has 1 atom stereocenters. The van der Waals surface area contributed by atoms with E-state index in [0.717, 1.165) is 0 Å². The molecule has 0 aromatic heterocycles. The van der Waals surface area contributed by atoms with Gasteiger partial charge in [-0.2, -0.15) is 0 Å². The summed E-state index contributed by atoms with van der Waals surface area (Å²) in [4.78, 5) is 25.8. The predicted molar refractivity (Wildman–Crippen MR) is 110 cm³/mol. The van der Waals surface area contributed by atoms with Gasteiger partial charge in [-0.25, -0.2) is 9.59 Å². The molecule has 0 saturated carbocycles. The Morgan fingerprint density at radius 1 is 1.10 bits per heavy atom. The molecule has 0 fully saturated rings. The molecule has 1 aromatic carbocycles. The van der Waals surface area contributed by atoms with Crippen LogP contribution in [0.5, 0.6) is 0 Å². The molecule has 29 heavy (non-hydrogen) atoms. The second-order valence-corrected chi connectivity index (χ2v) is 6.70. The van der Waals surface area contributed by atoms with E-state index in [1.807, 2.05) is 0 Å². The molecule has 1 heterocycles. The van der Waals surface area contributed by atoms with Gasteiger partial charge in [-0.3, -0.25) is 0 Å². The molecular weight excluding hydrogens is 396 g/mol. The monoisotopic (exact) mass is 422 g/mol. The minimum Gasteiger partial charge on any atom is -0.463 e. The fourth-order valence-corrected chi connectivity index (χ4v) is 3.46. The van der Waals surface area contributed by atoms with Crippen LogP contribution in [-0.2, 0) is 23.8 Å². The van der Waals surface area contributed by atoms with Crippen LogP contribution in [0.25, 0.3) is 0 Å². The number of benzene rings is 1. The Labute approximate surface area is 175 Å².